The molecule has 3 rings (SSSR count). The average Bonchev–Trinajstić information content (AvgIpc) is 2.60. The number of hydrogen-bond donors (Lipinski definition) is 1. The van der Waals surface area contributed by atoms with Crippen LogP contribution in [0.4, 0.5) is 0 Å². The van der Waals surface area contributed by atoms with Crippen LogP contribution in [-0.2, 0) is 0 Å². The normalized spacial score (nSPS) is 12.0. The minimum absolute atomic E-state index is 0.0106. The van der Waals surface area contributed by atoms with Crippen molar-refractivity contribution in [2.45, 2.75) is 20.8 Å². The molecule has 0 amide bonds. The van der Waals surface area contributed by atoms with Crippen LogP contribution in [0.2, 0.25) is 0 Å². The molecule has 0 radical (unpaired) electrons. The minimum atomic E-state index is -0.585. The van der Waals surface area contributed by atoms with Gasteiger partial charge in [-0.2, -0.15) is 5.10 Å². The lowest BCUT2D eigenvalue weighted by atomic mass is 9.99. The van der Waals surface area contributed by atoms with Gasteiger partial charge < -0.3 is 9.72 Å². The van der Waals surface area contributed by atoms with Crippen LogP contribution in [-0.4, -0.2) is 22.5 Å². The van der Waals surface area contributed by atoms with Gasteiger partial charge in [0.25, 0.3) is 5.56 Å². The Morgan fingerprint density at radius 3 is 2.54 bits per heavy atom. The summed E-state index contributed by atoms with van der Waals surface area (Å²) in [7, 11) is 0. The summed E-state index contributed by atoms with van der Waals surface area (Å²) in [4.78, 5) is 27.3. The second kappa shape index (κ2) is 7.00. The number of aromatic nitrogens is 2. The Labute approximate surface area is 150 Å². The van der Waals surface area contributed by atoms with Gasteiger partial charge in [0.15, 0.2) is 0 Å². The molecule has 6 nitrogen and oxygen atoms in total. The van der Waals surface area contributed by atoms with Crippen LogP contribution in [0, 0.1) is 5.41 Å². The van der Waals surface area contributed by atoms with Crippen LogP contribution in [0.3, 0.4) is 0 Å². The number of nitrogens with one attached hydrogen (secondary N) is 1. The van der Waals surface area contributed by atoms with E-state index in [1.165, 1.54) is 6.21 Å². The van der Waals surface area contributed by atoms with Crippen LogP contribution >= 0.6 is 0 Å². The lowest BCUT2D eigenvalue weighted by Gasteiger charge is -2.19. The lowest BCUT2D eigenvalue weighted by molar-refractivity contribution is 0.197. The minimum Gasteiger partial charge on any atom is -0.492 e. The summed E-state index contributed by atoms with van der Waals surface area (Å²) in [6, 6.07) is 14.2. The van der Waals surface area contributed by atoms with E-state index in [-0.39, 0.29) is 5.41 Å². The number of fused-ring (bicyclic) bond motifs is 1. The van der Waals surface area contributed by atoms with Crippen LogP contribution in [0.25, 0.3) is 10.9 Å². The zero-order valence-corrected chi connectivity index (χ0v) is 15.0. The highest BCUT2D eigenvalue weighted by Gasteiger charge is 2.12. The summed E-state index contributed by atoms with van der Waals surface area (Å²) < 4.78 is 6.68. The van der Waals surface area contributed by atoms with E-state index < -0.39 is 11.2 Å². The zero-order valence-electron chi connectivity index (χ0n) is 15.0. The number of aromatic amines is 1. The van der Waals surface area contributed by atoms with Crippen molar-refractivity contribution in [1.29, 1.82) is 0 Å². The number of ether oxygens (including phenoxy) is 1. The first-order chi connectivity index (χ1) is 12.3. The van der Waals surface area contributed by atoms with Crippen molar-refractivity contribution in [3.8, 4) is 5.75 Å². The van der Waals surface area contributed by atoms with Gasteiger partial charge in [0.1, 0.15) is 5.75 Å². The zero-order chi connectivity index (χ0) is 18.7. The molecule has 0 atom stereocenters. The van der Waals surface area contributed by atoms with Gasteiger partial charge in [-0.25, -0.2) is 4.79 Å². The summed E-state index contributed by atoms with van der Waals surface area (Å²) in [6.07, 6.45) is 1.46. The SMILES string of the molecule is CC(C)(C)COc1ccccc1C=Nn1c(=O)[nH]c2ccccc2c1=O. The molecule has 0 unspecified atom stereocenters. The Bertz CT molecular complexity index is 1070. The van der Waals surface area contributed by atoms with Crippen molar-refractivity contribution in [3.05, 3.63) is 74.9 Å². The van der Waals surface area contributed by atoms with E-state index in [9.17, 15) is 9.59 Å². The van der Waals surface area contributed by atoms with Gasteiger partial charge in [-0.05, 0) is 29.7 Å². The Hall–Kier alpha value is -3.15. The van der Waals surface area contributed by atoms with E-state index in [0.717, 1.165) is 4.68 Å². The Balaban J connectivity index is 1.98. The van der Waals surface area contributed by atoms with Gasteiger partial charge in [0, 0.05) is 5.56 Å². The molecule has 26 heavy (non-hydrogen) atoms. The highest BCUT2D eigenvalue weighted by molar-refractivity contribution is 5.83. The first kappa shape index (κ1) is 17.7. The summed E-state index contributed by atoms with van der Waals surface area (Å²) in [5.74, 6) is 0.649. The molecule has 0 aliphatic heterocycles. The average molecular weight is 351 g/mol. The Morgan fingerprint density at radius 1 is 1.08 bits per heavy atom. The van der Waals surface area contributed by atoms with E-state index in [4.69, 9.17) is 4.74 Å². The largest absolute Gasteiger partial charge is 0.492 e. The third-order valence-electron chi connectivity index (χ3n) is 3.68. The molecular weight excluding hydrogens is 330 g/mol. The number of rotatable bonds is 4. The van der Waals surface area contributed by atoms with Crippen molar-refractivity contribution in [1.82, 2.24) is 9.66 Å². The standard InChI is InChI=1S/C20H21N3O3/c1-20(2,3)13-26-17-11-7-4-8-14(17)12-21-23-18(24)15-9-5-6-10-16(15)22-19(23)25/h4-12H,13H2,1-3H3,(H,22,25). The van der Waals surface area contributed by atoms with Crippen LogP contribution in [0.5, 0.6) is 5.75 Å². The summed E-state index contributed by atoms with van der Waals surface area (Å²) in [5.41, 5.74) is 0.141. The highest BCUT2D eigenvalue weighted by atomic mass is 16.5. The summed E-state index contributed by atoms with van der Waals surface area (Å²) in [5, 5.41) is 4.49. The molecule has 1 heterocycles. The van der Waals surface area contributed by atoms with Gasteiger partial charge >= 0.3 is 5.69 Å². The Kier molecular flexibility index (Phi) is 4.75. The quantitative estimate of drug-likeness (QED) is 0.734. The molecule has 0 bridgehead atoms. The first-order valence-electron chi connectivity index (χ1n) is 8.35. The number of benzene rings is 2. The van der Waals surface area contributed by atoms with E-state index in [1.807, 2.05) is 24.3 Å². The molecule has 2 aromatic carbocycles. The second-order valence-electron chi connectivity index (χ2n) is 7.22. The number of para-hydroxylation sites is 2. The van der Waals surface area contributed by atoms with Gasteiger partial charge in [-0.1, -0.05) is 45.0 Å². The summed E-state index contributed by atoms with van der Waals surface area (Å²) >= 11 is 0. The molecule has 134 valence electrons. The molecule has 0 aliphatic carbocycles. The predicted molar refractivity (Wildman–Crippen MR) is 103 cm³/mol. The van der Waals surface area contributed by atoms with Gasteiger partial charge in [0.05, 0.1) is 23.7 Å². The number of H-pyrrole nitrogens is 1. The predicted octanol–water partition coefficient (Wildman–Crippen LogP) is 3.00. The van der Waals surface area contributed by atoms with Crippen molar-refractivity contribution in [3.63, 3.8) is 0 Å². The van der Waals surface area contributed by atoms with E-state index >= 15 is 0 Å². The lowest BCUT2D eigenvalue weighted by Crippen LogP contribution is -2.32. The molecule has 1 aromatic heterocycles. The molecule has 1 N–H and O–H groups in total. The van der Waals surface area contributed by atoms with Crippen LogP contribution in [0.1, 0.15) is 26.3 Å². The topological polar surface area (TPSA) is 76.5 Å². The third-order valence-corrected chi connectivity index (χ3v) is 3.68. The molecular formula is C20H21N3O3. The van der Waals surface area contributed by atoms with Crippen molar-refractivity contribution < 1.29 is 4.74 Å². The fraction of sp³-hybridized carbons (Fsp3) is 0.250. The smallest absolute Gasteiger partial charge is 0.349 e. The first-order valence-corrected chi connectivity index (χ1v) is 8.35. The van der Waals surface area contributed by atoms with Crippen molar-refractivity contribution in [2.75, 3.05) is 6.61 Å². The Morgan fingerprint density at radius 2 is 1.77 bits per heavy atom. The second-order valence-corrected chi connectivity index (χ2v) is 7.22. The molecule has 0 fully saturated rings. The van der Waals surface area contributed by atoms with Crippen molar-refractivity contribution in [2.24, 2.45) is 10.5 Å². The van der Waals surface area contributed by atoms with E-state index in [0.29, 0.717) is 28.8 Å². The van der Waals surface area contributed by atoms with Crippen LogP contribution < -0.4 is 16.0 Å². The molecule has 0 saturated heterocycles. The van der Waals surface area contributed by atoms with Crippen molar-refractivity contribution >= 4 is 17.1 Å². The van der Waals surface area contributed by atoms with Gasteiger partial charge in [-0.15, -0.1) is 4.68 Å². The fourth-order valence-corrected chi connectivity index (χ4v) is 2.39. The monoisotopic (exact) mass is 351 g/mol. The van der Waals surface area contributed by atoms with Gasteiger partial charge in [-0.3, -0.25) is 4.79 Å². The molecule has 0 aliphatic rings. The molecule has 0 saturated carbocycles. The highest BCUT2D eigenvalue weighted by Crippen LogP contribution is 2.20. The maximum Gasteiger partial charge on any atom is 0.349 e. The number of nitrogens with zero attached hydrogens (tertiary/aromatic N) is 2. The maximum atomic E-state index is 12.5. The summed E-state index contributed by atoms with van der Waals surface area (Å²) in [6.45, 7) is 6.78. The van der Waals surface area contributed by atoms with E-state index in [1.54, 1.807) is 24.3 Å². The molecule has 0 spiro atoms. The fourth-order valence-electron chi connectivity index (χ4n) is 2.39. The van der Waals surface area contributed by atoms with Gasteiger partial charge in [0.2, 0.25) is 0 Å². The number of hydrogen-bond acceptors (Lipinski definition) is 4. The maximum absolute atomic E-state index is 12.5. The third kappa shape index (κ3) is 3.91. The molecule has 3 aromatic rings. The molecule has 6 heteroatoms. The van der Waals surface area contributed by atoms with Crippen LogP contribution in [0.15, 0.2) is 63.2 Å². The van der Waals surface area contributed by atoms with E-state index in [2.05, 4.69) is 30.9 Å².